The number of carbonyl (C=O) groups is 1. The highest BCUT2D eigenvalue weighted by atomic mass is 79.9. The maximum absolute atomic E-state index is 10.9. The molecule has 1 amide bonds. The quantitative estimate of drug-likeness (QED) is 0.838. The van der Waals surface area contributed by atoms with E-state index in [9.17, 15) is 4.79 Å². The molecule has 0 saturated heterocycles. The lowest BCUT2D eigenvalue weighted by Crippen LogP contribution is -2.09. The largest absolute Gasteiger partial charge is 0.273 e. The Morgan fingerprint density at radius 1 is 1.50 bits per heavy atom. The molecule has 1 aromatic rings. The van der Waals surface area contributed by atoms with E-state index in [0.29, 0.717) is 17.2 Å². The predicted molar refractivity (Wildman–Crippen MR) is 58.4 cm³/mol. The number of hydrogen-bond acceptors (Lipinski definition) is 2. The molecule has 1 aliphatic heterocycles. The van der Waals surface area contributed by atoms with E-state index in [1.165, 1.54) is 0 Å². The lowest BCUT2D eigenvalue weighted by Gasteiger charge is -2.01. The van der Waals surface area contributed by atoms with Crippen LogP contribution in [0.3, 0.4) is 0 Å². The molecule has 0 atom stereocenters. The summed E-state index contributed by atoms with van der Waals surface area (Å²) in [6.45, 7) is 0. The fraction of sp³-hybridized carbons (Fsp3) is 0.111. The minimum Gasteiger partial charge on any atom is -0.273 e. The van der Waals surface area contributed by atoms with Gasteiger partial charge in [-0.05, 0) is 12.1 Å². The third-order valence-corrected chi connectivity index (χ3v) is 2.69. The van der Waals surface area contributed by atoms with Gasteiger partial charge in [0.1, 0.15) is 0 Å². The zero-order valence-electron chi connectivity index (χ0n) is 7.05. The molecule has 0 aliphatic carbocycles. The van der Waals surface area contributed by atoms with E-state index >= 15 is 0 Å². The van der Waals surface area contributed by atoms with Gasteiger partial charge in [0, 0.05) is 10.0 Å². The average Bonchev–Trinajstić information content (AvgIpc) is 2.51. The van der Waals surface area contributed by atoms with Crippen LogP contribution in [0.15, 0.2) is 27.8 Å². The first-order valence-electron chi connectivity index (χ1n) is 3.97. The van der Waals surface area contributed by atoms with Crippen LogP contribution in [0.4, 0.5) is 0 Å². The Morgan fingerprint density at radius 3 is 2.86 bits per heavy atom. The molecular weight excluding hydrogens is 267 g/mol. The van der Waals surface area contributed by atoms with Crippen LogP contribution in [-0.2, 0) is 4.79 Å². The maximum atomic E-state index is 10.9. The van der Waals surface area contributed by atoms with Crippen LogP contribution in [0, 0.1) is 0 Å². The molecule has 72 valence electrons. The van der Waals surface area contributed by atoms with E-state index in [-0.39, 0.29) is 5.91 Å². The first-order valence-corrected chi connectivity index (χ1v) is 5.15. The van der Waals surface area contributed by atoms with Gasteiger partial charge in [0.15, 0.2) is 0 Å². The minimum absolute atomic E-state index is 0.0982. The summed E-state index contributed by atoms with van der Waals surface area (Å²) in [5, 5.41) is 4.49. The number of hydrogen-bond donors (Lipinski definition) is 1. The van der Waals surface area contributed by atoms with Gasteiger partial charge < -0.3 is 0 Å². The highest BCUT2D eigenvalue weighted by Crippen LogP contribution is 2.23. The highest BCUT2D eigenvalue weighted by molar-refractivity contribution is 9.10. The molecule has 14 heavy (non-hydrogen) atoms. The summed E-state index contributed by atoms with van der Waals surface area (Å²) in [4.78, 5) is 10.9. The summed E-state index contributed by atoms with van der Waals surface area (Å²) >= 11 is 9.32. The number of rotatable bonds is 1. The molecule has 1 heterocycles. The van der Waals surface area contributed by atoms with Crippen molar-refractivity contribution in [1.29, 1.82) is 0 Å². The molecule has 0 radical (unpaired) electrons. The van der Waals surface area contributed by atoms with Gasteiger partial charge in [-0.3, -0.25) is 4.79 Å². The standard InChI is InChI=1S/C9H6BrClN2O/c10-5-1-2-6(7(11)3-5)8-4-9(14)13-12-8/h1-3H,4H2,(H,13,14). The normalized spacial score (nSPS) is 15.3. The Bertz CT molecular complexity index is 431. The van der Waals surface area contributed by atoms with Gasteiger partial charge in [-0.1, -0.05) is 33.6 Å². The van der Waals surface area contributed by atoms with Crippen molar-refractivity contribution < 1.29 is 4.79 Å². The van der Waals surface area contributed by atoms with Crippen molar-refractivity contribution in [2.45, 2.75) is 6.42 Å². The Labute approximate surface area is 94.3 Å². The van der Waals surface area contributed by atoms with E-state index in [2.05, 4.69) is 26.5 Å². The van der Waals surface area contributed by atoms with Gasteiger partial charge in [0.2, 0.25) is 5.91 Å². The third-order valence-electron chi connectivity index (χ3n) is 1.89. The highest BCUT2D eigenvalue weighted by Gasteiger charge is 2.18. The molecule has 1 aliphatic rings. The molecule has 0 aromatic heterocycles. The first kappa shape index (κ1) is 9.68. The van der Waals surface area contributed by atoms with Crippen LogP contribution in [0.1, 0.15) is 12.0 Å². The van der Waals surface area contributed by atoms with Crippen LogP contribution in [0.25, 0.3) is 0 Å². The van der Waals surface area contributed by atoms with Gasteiger partial charge in [-0.2, -0.15) is 5.10 Å². The van der Waals surface area contributed by atoms with Crippen LogP contribution >= 0.6 is 27.5 Å². The van der Waals surface area contributed by atoms with Gasteiger partial charge in [0.05, 0.1) is 17.2 Å². The summed E-state index contributed by atoms with van der Waals surface area (Å²) in [7, 11) is 0. The molecule has 2 rings (SSSR count). The number of benzene rings is 1. The number of amides is 1. The van der Waals surface area contributed by atoms with Crippen LogP contribution < -0.4 is 5.43 Å². The number of nitrogens with one attached hydrogen (secondary N) is 1. The van der Waals surface area contributed by atoms with Gasteiger partial charge in [-0.25, -0.2) is 5.43 Å². The topological polar surface area (TPSA) is 41.5 Å². The second kappa shape index (κ2) is 3.71. The zero-order valence-corrected chi connectivity index (χ0v) is 9.39. The Morgan fingerprint density at radius 2 is 2.29 bits per heavy atom. The van der Waals surface area contributed by atoms with Gasteiger partial charge in [0.25, 0.3) is 0 Å². The summed E-state index contributed by atoms with van der Waals surface area (Å²) < 4.78 is 0.907. The molecule has 1 N–H and O–H groups in total. The van der Waals surface area contributed by atoms with E-state index in [4.69, 9.17) is 11.6 Å². The average molecular weight is 274 g/mol. The van der Waals surface area contributed by atoms with Crippen LogP contribution in [0.2, 0.25) is 5.02 Å². The summed E-state index contributed by atoms with van der Waals surface area (Å²) in [5.41, 5.74) is 3.88. The molecule has 1 aromatic carbocycles. The second-order valence-electron chi connectivity index (χ2n) is 2.89. The Kier molecular flexibility index (Phi) is 2.56. The van der Waals surface area contributed by atoms with E-state index < -0.39 is 0 Å². The van der Waals surface area contributed by atoms with Crippen molar-refractivity contribution in [3.8, 4) is 0 Å². The molecule has 0 spiro atoms. The predicted octanol–water partition coefficient (Wildman–Crippen LogP) is 2.33. The number of nitrogens with zero attached hydrogens (tertiary/aromatic N) is 1. The third kappa shape index (κ3) is 1.81. The number of carbonyl (C=O) groups excluding carboxylic acids is 1. The van der Waals surface area contributed by atoms with Crippen molar-refractivity contribution in [2.75, 3.05) is 0 Å². The zero-order chi connectivity index (χ0) is 10.1. The van der Waals surface area contributed by atoms with Crippen molar-refractivity contribution in [1.82, 2.24) is 5.43 Å². The molecule has 0 bridgehead atoms. The van der Waals surface area contributed by atoms with Crippen molar-refractivity contribution in [3.05, 3.63) is 33.3 Å². The maximum Gasteiger partial charge on any atom is 0.246 e. The van der Waals surface area contributed by atoms with Gasteiger partial charge >= 0.3 is 0 Å². The fourth-order valence-electron chi connectivity index (χ4n) is 1.24. The molecule has 0 fully saturated rings. The Hall–Kier alpha value is -0.870. The summed E-state index contributed by atoms with van der Waals surface area (Å²) in [6.07, 6.45) is 0.293. The second-order valence-corrected chi connectivity index (χ2v) is 4.22. The lowest BCUT2D eigenvalue weighted by molar-refractivity contribution is -0.119. The molecule has 0 unspecified atom stereocenters. The molecule has 3 nitrogen and oxygen atoms in total. The van der Waals surface area contributed by atoms with Crippen molar-refractivity contribution >= 4 is 39.1 Å². The Balaban J connectivity index is 2.38. The van der Waals surface area contributed by atoms with Crippen LogP contribution in [-0.4, -0.2) is 11.6 Å². The molecule has 5 heteroatoms. The lowest BCUT2D eigenvalue weighted by atomic mass is 10.1. The molecule has 0 saturated carbocycles. The van der Waals surface area contributed by atoms with Crippen molar-refractivity contribution in [2.24, 2.45) is 5.10 Å². The first-order chi connectivity index (χ1) is 6.66. The van der Waals surface area contributed by atoms with E-state index in [1.54, 1.807) is 6.07 Å². The summed E-state index contributed by atoms with van der Waals surface area (Å²) in [6, 6.07) is 5.49. The van der Waals surface area contributed by atoms with E-state index in [0.717, 1.165) is 10.0 Å². The monoisotopic (exact) mass is 272 g/mol. The minimum atomic E-state index is -0.0982. The molecular formula is C9H6BrClN2O. The summed E-state index contributed by atoms with van der Waals surface area (Å²) in [5.74, 6) is -0.0982. The van der Waals surface area contributed by atoms with Crippen LogP contribution in [0.5, 0.6) is 0 Å². The fourth-order valence-corrected chi connectivity index (χ4v) is 2.02. The SMILES string of the molecule is O=C1CC(c2ccc(Br)cc2Cl)=NN1. The van der Waals surface area contributed by atoms with Gasteiger partial charge in [-0.15, -0.1) is 0 Å². The van der Waals surface area contributed by atoms with Crippen molar-refractivity contribution in [3.63, 3.8) is 0 Å². The smallest absolute Gasteiger partial charge is 0.246 e. The number of hydrazone groups is 1. The van der Waals surface area contributed by atoms with E-state index in [1.807, 2.05) is 12.1 Å². The number of halogens is 2.